The Hall–Kier alpha value is -2.14. The third-order valence-corrected chi connectivity index (χ3v) is 3.44. The minimum absolute atomic E-state index is 0.274. The molecule has 2 aromatic rings. The molecule has 104 valence electrons. The van der Waals surface area contributed by atoms with Crippen molar-refractivity contribution in [1.29, 1.82) is 0 Å². The van der Waals surface area contributed by atoms with E-state index in [0.29, 0.717) is 18.3 Å². The third kappa shape index (κ3) is 2.58. The van der Waals surface area contributed by atoms with Crippen molar-refractivity contribution in [1.82, 2.24) is 14.9 Å². The van der Waals surface area contributed by atoms with Crippen LogP contribution in [0.1, 0.15) is 28.7 Å². The molecule has 2 heterocycles. The number of hydrogen-bond donors (Lipinski definition) is 1. The van der Waals surface area contributed by atoms with Crippen molar-refractivity contribution in [3.05, 3.63) is 53.6 Å². The van der Waals surface area contributed by atoms with Gasteiger partial charge in [0.15, 0.2) is 5.69 Å². The minimum atomic E-state index is -0.362. The predicted molar refractivity (Wildman–Crippen MR) is 74.1 cm³/mol. The summed E-state index contributed by atoms with van der Waals surface area (Å²) >= 11 is 0. The molecule has 0 bridgehead atoms. The van der Waals surface area contributed by atoms with Gasteiger partial charge >= 0.3 is 5.97 Å². The number of fused-ring (bicyclic) bond motifs is 1. The fourth-order valence-corrected chi connectivity index (χ4v) is 2.34. The van der Waals surface area contributed by atoms with Crippen LogP contribution in [0, 0.1) is 0 Å². The summed E-state index contributed by atoms with van der Waals surface area (Å²) in [4.78, 5) is 16.3. The number of esters is 1. The fraction of sp³-hybridized carbons (Fsp3) is 0.333. The molecule has 1 aliphatic rings. The maximum absolute atomic E-state index is 12.1. The van der Waals surface area contributed by atoms with Crippen LogP contribution in [-0.4, -0.2) is 21.6 Å². The Kier molecular flexibility index (Phi) is 3.52. The summed E-state index contributed by atoms with van der Waals surface area (Å²) in [6.45, 7) is 3.86. The highest BCUT2D eigenvalue weighted by molar-refractivity contribution is 5.88. The van der Waals surface area contributed by atoms with Gasteiger partial charge in [0.25, 0.3) is 0 Å². The third-order valence-electron chi connectivity index (χ3n) is 3.44. The van der Waals surface area contributed by atoms with Crippen LogP contribution in [0.5, 0.6) is 0 Å². The minimum Gasteiger partial charge on any atom is -0.456 e. The van der Waals surface area contributed by atoms with Crippen molar-refractivity contribution < 1.29 is 9.53 Å². The Morgan fingerprint density at radius 2 is 2.25 bits per heavy atom. The van der Waals surface area contributed by atoms with E-state index in [4.69, 9.17) is 4.74 Å². The van der Waals surface area contributed by atoms with Crippen molar-refractivity contribution in [2.24, 2.45) is 0 Å². The lowest BCUT2D eigenvalue weighted by molar-refractivity contribution is 0.0464. The van der Waals surface area contributed by atoms with Gasteiger partial charge < -0.3 is 14.6 Å². The van der Waals surface area contributed by atoms with Gasteiger partial charge in [-0.05, 0) is 12.5 Å². The number of ether oxygens (including phenoxy) is 1. The molecule has 1 atom stereocenters. The molecule has 0 amide bonds. The number of carbonyl (C=O) groups excluding carboxylic acids is 1. The van der Waals surface area contributed by atoms with Crippen molar-refractivity contribution >= 4 is 5.97 Å². The Bertz CT molecular complexity index is 607. The van der Waals surface area contributed by atoms with Gasteiger partial charge in [0, 0.05) is 19.1 Å². The normalized spacial score (nSPS) is 17.6. The molecule has 1 aliphatic heterocycles. The van der Waals surface area contributed by atoms with Crippen LogP contribution >= 0.6 is 0 Å². The van der Waals surface area contributed by atoms with Gasteiger partial charge in [-0.1, -0.05) is 30.3 Å². The first kappa shape index (κ1) is 12.9. The molecule has 20 heavy (non-hydrogen) atoms. The van der Waals surface area contributed by atoms with Gasteiger partial charge in [-0.15, -0.1) is 0 Å². The van der Waals surface area contributed by atoms with Crippen LogP contribution in [0.3, 0.4) is 0 Å². The number of imidazole rings is 1. The van der Waals surface area contributed by atoms with Crippen LogP contribution in [0.2, 0.25) is 0 Å². The van der Waals surface area contributed by atoms with Crippen molar-refractivity contribution in [2.45, 2.75) is 32.7 Å². The number of hydrogen-bond acceptors (Lipinski definition) is 4. The first-order valence-corrected chi connectivity index (χ1v) is 6.72. The van der Waals surface area contributed by atoms with E-state index >= 15 is 0 Å². The van der Waals surface area contributed by atoms with Crippen LogP contribution < -0.4 is 5.32 Å². The molecule has 0 spiro atoms. The SMILES string of the molecule is CC1Cn2cnc(C(=O)OCc3ccccc3)c2CN1. The van der Waals surface area contributed by atoms with Gasteiger partial charge in [0.05, 0.1) is 12.0 Å². The van der Waals surface area contributed by atoms with Gasteiger partial charge in [0.2, 0.25) is 0 Å². The summed E-state index contributed by atoms with van der Waals surface area (Å²) in [7, 11) is 0. The van der Waals surface area contributed by atoms with Crippen LogP contribution in [-0.2, 0) is 24.4 Å². The number of nitrogens with zero attached hydrogens (tertiary/aromatic N) is 2. The molecule has 0 saturated heterocycles. The number of aromatic nitrogens is 2. The molecule has 5 heteroatoms. The zero-order valence-corrected chi connectivity index (χ0v) is 11.4. The Balaban J connectivity index is 1.69. The topological polar surface area (TPSA) is 56.2 Å². The second kappa shape index (κ2) is 5.46. The molecule has 0 saturated carbocycles. The van der Waals surface area contributed by atoms with Gasteiger partial charge in [0.1, 0.15) is 6.61 Å². The van der Waals surface area contributed by atoms with E-state index in [1.807, 2.05) is 34.9 Å². The summed E-state index contributed by atoms with van der Waals surface area (Å²) in [5.41, 5.74) is 2.29. The smallest absolute Gasteiger partial charge is 0.359 e. The number of carbonyl (C=O) groups is 1. The van der Waals surface area contributed by atoms with E-state index in [2.05, 4.69) is 17.2 Å². The van der Waals surface area contributed by atoms with E-state index < -0.39 is 0 Å². The molecule has 1 aromatic carbocycles. The molecule has 1 aromatic heterocycles. The van der Waals surface area contributed by atoms with Crippen LogP contribution in [0.25, 0.3) is 0 Å². The molecule has 3 rings (SSSR count). The number of rotatable bonds is 3. The lowest BCUT2D eigenvalue weighted by Crippen LogP contribution is -2.36. The number of nitrogens with one attached hydrogen (secondary N) is 1. The highest BCUT2D eigenvalue weighted by atomic mass is 16.5. The fourth-order valence-electron chi connectivity index (χ4n) is 2.34. The zero-order valence-electron chi connectivity index (χ0n) is 11.4. The first-order chi connectivity index (χ1) is 9.74. The molecular weight excluding hydrogens is 254 g/mol. The van der Waals surface area contributed by atoms with Crippen LogP contribution in [0.4, 0.5) is 0 Å². The van der Waals surface area contributed by atoms with Gasteiger partial charge in [-0.3, -0.25) is 0 Å². The highest BCUT2D eigenvalue weighted by Crippen LogP contribution is 2.15. The largest absolute Gasteiger partial charge is 0.456 e. The summed E-state index contributed by atoms with van der Waals surface area (Å²) in [5, 5.41) is 3.32. The quantitative estimate of drug-likeness (QED) is 0.864. The standard InChI is InChI=1S/C15H17N3O2/c1-11-8-18-10-17-14(13(18)7-16-11)15(19)20-9-12-5-3-2-4-6-12/h2-6,10-11,16H,7-9H2,1H3. The molecule has 5 nitrogen and oxygen atoms in total. The highest BCUT2D eigenvalue weighted by Gasteiger charge is 2.23. The Morgan fingerprint density at radius 1 is 1.45 bits per heavy atom. The second-order valence-corrected chi connectivity index (χ2v) is 5.04. The van der Waals surface area contributed by atoms with Crippen LogP contribution in [0.15, 0.2) is 36.7 Å². The molecular formula is C15H17N3O2. The maximum Gasteiger partial charge on any atom is 0.359 e. The summed E-state index contributed by atoms with van der Waals surface area (Å²) < 4.78 is 7.34. The summed E-state index contributed by atoms with van der Waals surface area (Å²) in [6.07, 6.45) is 1.71. The van der Waals surface area contributed by atoms with Crippen molar-refractivity contribution in [2.75, 3.05) is 0 Å². The lowest BCUT2D eigenvalue weighted by Gasteiger charge is -2.22. The average Bonchev–Trinajstić information content (AvgIpc) is 2.89. The molecule has 0 fully saturated rings. The average molecular weight is 271 g/mol. The lowest BCUT2D eigenvalue weighted by atomic mass is 10.2. The summed E-state index contributed by atoms with van der Waals surface area (Å²) in [6, 6.07) is 10.0. The Labute approximate surface area is 117 Å². The molecule has 0 aliphatic carbocycles. The second-order valence-electron chi connectivity index (χ2n) is 5.04. The number of benzene rings is 1. The van der Waals surface area contributed by atoms with E-state index in [0.717, 1.165) is 17.8 Å². The van der Waals surface area contributed by atoms with Gasteiger partial charge in [-0.2, -0.15) is 0 Å². The first-order valence-electron chi connectivity index (χ1n) is 6.72. The predicted octanol–water partition coefficient (Wildman–Crippen LogP) is 1.73. The van der Waals surface area contributed by atoms with E-state index in [1.54, 1.807) is 6.33 Å². The van der Waals surface area contributed by atoms with Crippen molar-refractivity contribution in [3.8, 4) is 0 Å². The van der Waals surface area contributed by atoms with E-state index in [-0.39, 0.29) is 12.6 Å². The van der Waals surface area contributed by atoms with E-state index in [9.17, 15) is 4.79 Å². The van der Waals surface area contributed by atoms with E-state index in [1.165, 1.54) is 0 Å². The van der Waals surface area contributed by atoms with Crippen molar-refractivity contribution in [3.63, 3.8) is 0 Å². The summed E-state index contributed by atoms with van der Waals surface area (Å²) in [5.74, 6) is -0.362. The molecule has 0 radical (unpaired) electrons. The molecule has 1 N–H and O–H groups in total. The zero-order chi connectivity index (χ0) is 13.9. The monoisotopic (exact) mass is 271 g/mol. The maximum atomic E-state index is 12.1. The Morgan fingerprint density at radius 3 is 3.05 bits per heavy atom. The van der Waals surface area contributed by atoms with Gasteiger partial charge in [-0.25, -0.2) is 9.78 Å². The molecule has 1 unspecified atom stereocenters.